The summed E-state index contributed by atoms with van der Waals surface area (Å²) in [5.74, 6) is -0.575. The van der Waals surface area contributed by atoms with Crippen molar-refractivity contribution in [2.75, 3.05) is 0 Å². The van der Waals surface area contributed by atoms with Crippen molar-refractivity contribution in [3.63, 3.8) is 0 Å². The molecule has 0 aliphatic carbocycles. The summed E-state index contributed by atoms with van der Waals surface area (Å²) in [5, 5.41) is 11.2. The standard InChI is InChI=1S/C6H10N2O3/c1-3(2)4-5(9)8(11)6(10)7-4/h3-4,11H,1-2H3,(H,7,10)/t4-/m0/s1. The molecule has 0 bridgehead atoms. The van der Waals surface area contributed by atoms with E-state index in [1.54, 1.807) is 13.8 Å². The molecule has 0 aromatic rings. The summed E-state index contributed by atoms with van der Waals surface area (Å²) in [7, 11) is 0. The summed E-state index contributed by atoms with van der Waals surface area (Å²) >= 11 is 0. The number of urea groups is 1. The molecular formula is C6H10N2O3. The van der Waals surface area contributed by atoms with Crippen molar-refractivity contribution in [3.8, 4) is 0 Å². The van der Waals surface area contributed by atoms with E-state index in [9.17, 15) is 9.59 Å². The van der Waals surface area contributed by atoms with Crippen molar-refractivity contribution < 1.29 is 14.8 Å². The van der Waals surface area contributed by atoms with E-state index in [0.717, 1.165) is 0 Å². The van der Waals surface area contributed by atoms with Crippen LogP contribution in [-0.4, -0.2) is 28.3 Å². The summed E-state index contributed by atoms with van der Waals surface area (Å²) in [4.78, 5) is 21.6. The van der Waals surface area contributed by atoms with Crippen molar-refractivity contribution >= 4 is 11.9 Å². The zero-order chi connectivity index (χ0) is 8.59. The first kappa shape index (κ1) is 8.00. The van der Waals surface area contributed by atoms with Crippen LogP contribution in [0, 0.1) is 5.92 Å². The molecule has 0 spiro atoms. The van der Waals surface area contributed by atoms with Crippen molar-refractivity contribution in [1.82, 2.24) is 10.4 Å². The summed E-state index contributed by atoms with van der Waals surface area (Å²) in [6.45, 7) is 3.59. The lowest BCUT2D eigenvalue weighted by atomic mass is 10.1. The number of rotatable bonds is 1. The highest BCUT2D eigenvalue weighted by molar-refractivity contribution is 6.02. The molecule has 11 heavy (non-hydrogen) atoms. The quantitative estimate of drug-likeness (QED) is 0.415. The second-order valence-electron chi connectivity index (χ2n) is 2.82. The normalized spacial score (nSPS) is 24.7. The fourth-order valence-electron chi connectivity index (χ4n) is 0.940. The molecule has 0 saturated carbocycles. The maximum atomic E-state index is 10.9. The van der Waals surface area contributed by atoms with E-state index < -0.39 is 18.0 Å². The predicted molar refractivity (Wildman–Crippen MR) is 35.8 cm³/mol. The number of hydroxylamine groups is 2. The van der Waals surface area contributed by atoms with Crippen molar-refractivity contribution in [1.29, 1.82) is 0 Å². The van der Waals surface area contributed by atoms with E-state index in [2.05, 4.69) is 5.32 Å². The third-order valence-corrected chi connectivity index (χ3v) is 1.61. The topological polar surface area (TPSA) is 69.6 Å². The van der Waals surface area contributed by atoms with Gasteiger partial charge < -0.3 is 5.32 Å². The van der Waals surface area contributed by atoms with Gasteiger partial charge in [-0.3, -0.25) is 10.0 Å². The number of nitrogens with zero attached hydrogens (tertiary/aromatic N) is 1. The molecule has 1 aliphatic heterocycles. The van der Waals surface area contributed by atoms with E-state index in [1.807, 2.05) is 0 Å². The molecule has 1 atom stereocenters. The number of hydrogen-bond donors (Lipinski definition) is 2. The fraction of sp³-hybridized carbons (Fsp3) is 0.667. The highest BCUT2D eigenvalue weighted by atomic mass is 16.5. The van der Waals surface area contributed by atoms with Gasteiger partial charge in [-0.25, -0.2) is 4.79 Å². The van der Waals surface area contributed by atoms with Gasteiger partial charge in [-0.05, 0) is 5.92 Å². The minimum absolute atomic E-state index is 0.00333. The van der Waals surface area contributed by atoms with Crippen LogP contribution < -0.4 is 5.32 Å². The molecule has 2 N–H and O–H groups in total. The monoisotopic (exact) mass is 158 g/mol. The maximum absolute atomic E-state index is 10.9. The number of amides is 3. The Morgan fingerprint density at radius 2 is 2.09 bits per heavy atom. The Balaban J connectivity index is 2.75. The Hall–Kier alpha value is -1.10. The molecule has 1 saturated heterocycles. The first-order valence-electron chi connectivity index (χ1n) is 3.37. The highest BCUT2D eigenvalue weighted by Crippen LogP contribution is 2.10. The first-order valence-corrected chi connectivity index (χ1v) is 3.37. The van der Waals surface area contributed by atoms with Gasteiger partial charge in [-0.15, -0.1) is 5.06 Å². The minimum Gasteiger partial charge on any atom is -0.324 e. The molecular weight excluding hydrogens is 148 g/mol. The average molecular weight is 158 g/mol. The number of nitrogens with one attached hydrogen (secondary N) is 1. The molecule has 1 fully saturated rings. The Bertz CT molecular complexity index is 202. The van der Waals surface area contributed by atoms with Gasteiger partial charge >= 0.3 is 6.03 Å². The summed E-state index contributed by atoms with van der Waals surface area (Å²) in [6.07, 6.45) is 0. The van der Waals surface area contributed by atoms with Crippen LogP contribution in [-0.2, 0) is 4.79 Å². The van der Waals surface area contributed by atoms with Crippen LogP contribution in [0.2, 0.25) is 0 Å². The van der Waals surface area contributed by atoms with Crippen LogP contribution in [0.1, 0.15) is 13.8 Å². The second-order valence-corrected chi connectivity index (χ2v) is 2.82. The van der Waals surface area contributed by atoms with Gasteiger partial charge in [-0.1, -0.05) is 13.8 Å². The van der Waals surface area contributed by atoms with E-state index in [1.165, 1.54) is 0 Å². The SMILES string of the molecule is CC(C)[C@@H]1NC(=O)N(O)C1=O. The van der Waals surface area contributed by atoms with E-state index in [0.29, 0.717) is 0 Å². The summed E-state index contributed by atoms with van der Waals surface area (Å²) < 4.78 is 0. The third-order valence-electron chi connectivity index (χ3n) is 1.61. The maximum Gasteiger partial charge on any atom is 0.349 e. The zero-order valence-electron chi connectivity index (χ0n) is 6.37. The number of carbonyl (C=O) groups excluding carboxylic acids is 2. The molecule has 0 aromatic heterocycles. The molecule has 0 radical (unpaired) electrons. The van der Waals surface area contributed by atoms with Gasteiger partial charge in [0.1, 0.15) is 6.04 Å². The lowest BCUT2D eigenvalue weighted by Gasteiger charge is -2.09. The van der Waals surface area contributed by atoms with Crippen LogP contribution >= 0.6 is 0 Å². The average Bonchev–Trinajstić information content (AvgIpc) is 2.17. The van der Waals surface area contributed by atoms with Crippen LogP contribution in [0.4, 0.5) is 4.79 Å². The van der Waals surface area contributed by atoms with Gasteiger partial charge in [0.15, 0.2) is 0 Å². The molecule has 5 nitrogen and oxygen atoms in total. The van der Waals surface area contributed by atoms with Gasteiger partial charge in [0.25, 0.3) is 5.91 Å². The number of imide groups is 1. The Morgan fingerprint density at radius 3 is 2.27 bits per heavy atom. The zero-order valence-corrected chi connectivity index (χ0v) is 6.37. The first-order chi connectivity index (χ1) is 5.04. The summed E-state index contributed by atoms with van der Waals surface area (Å²) in [5.41, 5.74) is 0. The molecule has 1 rings (SSSR count). The highest BCUT2D eigenvalue weighted by Gasteiger charge is 2.38. The van der Waals surface area contributed by atoms with Crippen LogP contribution in [0.25, 0.3) is 0 Å². The lowest BCUT2D eigenvalue weighted by Crippen LogP contribution is -2.34. The Kier molecular flexibility index (Phi) is 1.82. The second kappa shape index (κ2) is 2.50. The van der Waals surface area contributed by atoms with Crippen LogP contribution in [0.3, 0.4) is 0 Å². The van der Waals surface area contributed by atoms with Crippen LogP contribution in [0.15, 0.2) is 0 Å². The van der Waals surface area contributed by atoms with Gasteiger partial charge in [-0.2, -0.15) is 0 Å². The third kappa shape index (κ3) is 1.19. The van der Waals surface area contributed by atoms with E-state index >= 15 is 0 Å². The predicted octanol–water partition coefficient (Wildman–Crippen LogP) is -0.0480. The molecule has 0 aromatic carbocycles. The van der Waals surface area contributed by atoms with E-state index in [-0.39, 0.29) is 11.0 Å². The van der Waals surface area contributed by atoms with Gasteiger partial charge in [0.05, 0.1) is 0 Å². The molecule has 1 heterocycles. The molecule has 62 valence electrons. The smallest absolute Gasteiger partial charge is 0.324 e. The minimum atomic E-state index is -0.742. The van der Waals surface area contributed by atoms with Crippen molar-refractivity contribution in [2.24, 2.45) is 5.92 Å². The number of hydrogen-bond acceptors (Lipinski definition) is 3. The summed E-state index contributed by atoms with van der Waals surface area (Å²) in [6, 6.07) is -1.32. The van der Waals surface area contributed by atoms with Crippen molar-refractivity contribution in [3.05, 3.63) is 0 Å². The molecule has 1 aliphatic rings. The largest absolute Gasteiger partial charge is 0.349 e. The molecule has 5 heteroatoms. The molecule has 3 amide bonds. The van der Waals surface area contributed by atoms with Crippen LogP contribution in [0.5, 0.6) is 0 Å². The Labute approximate surface area is 63.9 Å². The van der Waals surface area contributed by atoms with Crippen molar-refractivity contribution in [2.45, 2.75) is 19.9 Å². The Morgan fingerprint density at radius 1 is 1.55 bits per heavy atom. The lowest BCUT2D eigenvalue weighted by molar-refractivity contribution is -0.149. The van der Waals surface area contributed by atoms with E-state index in [4.69, 9.17) is 5.21 Å². The number of carbonyl (C=O) groups is 2. The van der Waals surface area contributed by atoms with Gasteiger partial charge in [0.2, 0.25) is 0 Å². The fourth-order valence-corrected chi connectivity index (χ4v) is 0.940. The van der Waals surface area contributed by atoms with Gasteiger partial charge in [0, 0.05) is 0 Å². The molecule has 0 unspecified atom stereocenters.